The van der Waals surface area contributed by atoms with Gasteiger partial charge in [0.05, 0.1) is 0 Å². The van der Waals surface area contributed by atoms with Crippen LogP contribution in [0.3, 0.4) is 0 Å². The van der Waals surface area contributed by atoms with Gasteiger partial charge in [0.25, 0.3) is 0 Å². The smallest absolute Gasteiger partial charge is 0.0447 e. The third-order valence-electron chi connectivity index (χ3n) is 2.64. The van der Waals surface area contributed by atoms with E-state index in [0.717, 1.165) is 6.54 Å². The lowest BCUT2D eigenvalue weighted by atomic mass is 10.0. The number of hydrogen-bond donors (Lipinski definition) is 2. The van der Waals surface area contributed by atoms with Crippen molar-refractivity contribution in [2.75, 3.05) is 13.6 Å². The Bertz CT molecular complexity index is 294. The first-order valence-electron chi connectivity index (χ1n) is 5.61. The molecule has 2 N–H and O–H groups in total. The standard InChI is InChI=1S/C13H22N2/c1-10(2)15-9-13(14-4)12-8-6-5-7-11(12)3/h5-8,10,13-15H,9H2,1-4H3. The first-order valence-corrected chi connectivity index (χ1v) is 5.61. The molecule has 0 aliphatic rings. The Balaban J connectivity index is 2.70. The maximum absolute atomic E-state index is 3.46. The predicted molar refractivity (Wildman–Crippen MR) is 66.1 cm³/mol. The predicted octanol–water partition coefficient (Wildman–Crippen LogP) is 2.25. The first-order chi connectivity index (χ1) is 7.15. The van der Waals surface area contributed by atoms with Gasteiger partial charge in [-0.2, -0.15) is 0 Å². The highest BCUT2D eigenvalue weighted by molar-refractivity contribution is 5.28. The molecule has 0 radical (unpaired) electrons. The van der Waals surface area contributed by atoms with Crippen LogP contribution in [0.25, 0.3) is 0 Å². The van der Waals surface area contributed by atoms with Gasteiger partial charge >= 0.3 is 0 Å². The number of benzene rings is 1. The van der Waals surface area contributed by atoms with E-state index < -0.39 is 0 Å². The summed E-state index contributed by atoms with van der Waals surface area (Å²) in [4.78, 5) is 0. The van der Waals surface area contributed by atoms with Crippen LogP contribution in [0.2, 0.25) is 0 Å². The summed E-state index contributed by atoms with van der Waals surface area (Å²) in [5.41, 5.74) is 2.73. The fourth-order valence-corrected chi connectivity index (χ4v) is 1.70. The van der Waals surface area contributed by atoms with Crippen LogP contribution in [-0.4, -0.2) is 19.6 Å². The molecule has 84 valence electrons. The van der Waals surface area contributed by atoms with Crippen LogP contribution in [-0.2, 0) is 0 Å². The van der Waals surface area contributed by atoms with Crippen LogP contribution in [0.1, 0.15) is 31.0 Å². The van der Waals surface area contributed by atoms with Crippen molar-refractivity contribution in [3.05, 3.63) is 35.4 Å². The summed E-state index contributed by atoms with van der Waals surface area (Å²) in [5, 5.41) is 6.81. The number of likely N-dealkylation sites (N-methyl/N-ethyl adjacent to an activating group) is 1. The molecule has 0 heterocycles. The molecule has 2 nitrogen and oxygen atoms in total. The summed E-state index contributed by atoms with van der Waals surface area (Å²) in [6.07, 6.45) is 0. The Labute approximate surface area is 93.1 Å². The van der Waals surface area contributed by atoms with Gasteiger partial charge in [0.15, 0.2) is 0 Å². The van der Waals surface area contributed by atoms with Gasteiger partial charge in [-0.15, -0.1) is 0 Å². The number of hydrogen-bond acceptors (Lipinski definition) is 2. The fourth-order valence-electron chi connectivity index (χ4n) is 1.70. The van der Waals surface area contributed by atoms with Gasteiger partial charge in [0.2, 0.25) is 0 Å². The zero-order valence-electron chi connectivity index (χ0n) is 10.2. The maximum atomic E-state index is 3.46. The Morgan fingerprint density at radius 1 is 1.20 bits per heavy atom. The van der Waals surface area contributed by atoms with E-state index in [2.05, 4.69) is 55.7 Å². The van der Waals surface area contributed by atoms with Crippen LogP contribution in [0.5, 0.6) is 0 Å². The molecule has 1 aromatic carbocycles. The molecule has 2 heteroatoms. The molecule has 0 amide bonds. The average Bonchev–Trinajstić information content (AvgIpc) is 2.21. The molecule has 0 saturated carbocycles. The van der Waals surface area contributed by atoms with Crippen molar-refractivity contribution in [3.8, 4) is 0 Å². The molecular formula is C13H22N2. The van der Waals surface area contributed by atoms with E-state index >= 15 is 0 Å². The molecule has 0 spiro atoms. The molecule has 1 rings (SSSR count). The minimum absolute atomic E-state index is 0.397. The van der Waals surface area contributed by atoms with E-state index in [1.54, 1.807) is 0 Å². The van der Waals surface area contributed by atoms with E-state index in [9.17, 15) is 0 Å². The first kappa shape index (κ1) is 12.2. The molecular weight excluding hydrogens is 184 g/mol. The summed E-state index contributed by atoms with van der Waals surface area (Å²) >= 11 is 0. The SMILES string of the molecule is CNC(CNC(C)C)c1ccccc1C. The van der Waals surface area contributed by atoms with Crippen molar-refractivity contribution in [1.82, 2.24) is 10.6 Å². The average molecular weight is 206 g/mol. The highest BCUT2D eigenvalue weighted by atomic mass is 15.0. The van der Waals surface area contributed by atoms with Gasteiger partial charge in [-0.3, -0.25) is 0 Å². The minimum atomic E-state index is 0.397. The molecule has 1 unspecified atom stereocenters. The van der Waals surface area contributed by atoms with Gasteiger partial charge in [0.1, 0.15) is 0 Å². The fraction of sp³-hybridized carbons (Fsp3) is 0.538. The molecule has 1 aromatic rings. The zero-order chi connectivity index (χ0) is 11.3. The Kier molecular flexibility index (Phi) is 4.79. The van der Waals surface area contributed by atoms with Crippen LogP contribution < -0.4 is 10.6 Å². The van der Waals surface area contributed by atoms with Crippen molar-refractivity contribution in [2.24, 2.45) is 0 Å². The third kappa shape index (κ3) is 3.65. The van der Waals surface area contributed by atoms with Gasteiger partial charge in [0, 0.05) is 18.6 Å². The summed E-state index contributed by atoms with van der Waals surface area (Å²) in [7, 11) is 2.01. The van der Waals surface area contributed by atoms with Crippen LogP contribution in [0.4, 0.5) is 0 Å². The number of aryl methyl sites for hydroxylation is 1. The Morgan fingerprint density at radius 2 is 1.87 bits per heavy atom. The molecule has 0 aliphatic carbocycles. The lowest BCUT2D eigenvalue weighted by Gasteiger charge is -2.20. The van der Waals surface area contributed by atoms with Gasteiger partial charge in [-0.25, -0.2) is 0 Å². The lowest BCUT2D eigenvalue weighted by Crippen LogP contribution is -2.33. The summed E-state index contributed by atoms with van der Waals surface area (Å²) in [6.45, 7) is 7.48. The maximum Gasteiger partial charge on any atom is 0.0447 e. The van der Waals surface area contributed by atoms with E-state index in [-0.39, 0.29) is 0 Å². The minimum Gasteiger partial charge on any atom is -0.313 e. The molecule has 0 aromatic heterocycles. The van der Waals surface area contributed by atoms with E-state index in [1.165, 1.54) is 11.1 Å². The molecule has 0 aliphatic heterocycles. The van der Waals surface area contributed by atoms with E-state index in [0.29, 0.717) is 12.1 Å². The number of nitrogens with one attached hydrogen (secondary N) is 2. The number of rotatable bonds is 5. The van der Waals surface area contributed by atoms with Crippen molar-refractivity contribution in [2.45, 2.75) is 32.9 Å². The monoisotopic (exact) mass is 206 g/mol. The topological polar surface area (TPSA) is 24.1 Å². The van der Waals surface area contributed by atoms with Crippen molar-refractivity contribution < 1.29 is 0 Å². The van der Waals surface area contributed by atoms with Crippen LogP contribution in [0, 0.1) is 6.92 Å². The van der Waals surface area contributed by atoms with E-state index in [1.807, 2.05) is 7.05 Å². The van der Waals surface area contributed by atoms with Gasteiger partial charge in [-0.05, 0) is 25.1 Å². The highest BCUT2D eigenvalue weighted by Crippen LogP contribution is 2.16. The van der Waals surface area contributed by atoms with Gasteiger partial charge in [-0.1, -0.05) is 38.1 Å². The normalized spacial score (nSPS) is 13.1. The largest absolute Gasteiger partial charge is 0.313 e. The van der Waals surface area contributed by atoms with E-state index in [4.69, 9.17) is 0 Å². The van der Waals surface area contributed by atoms with Crippen molar-refractivity contribution in [1.29, 1.82) is 0 Å². The lowest BCUT2D eigenvalue weighted by molar-refractivity contribution is 0.490. The quantitative estimate of drug-likeness (QED) is 0.772. The molecule has 15 heavy (non-hydrogen) atoms. The molecule has 0 bridgehead atoms. The molecule has 0 fully saturated rings. The van der Waals surface area contributed by atoms with Gasteiger partial charge < -0.3 is 10.6 Å². The summed E-state index contributed by atoms with van der Waals surface area (Å²) < 4.78 is 0. The second-order valence-corrected chi connectivity index (χ2v) is 4.26. The highest BCUT2D eigenvalue weighted by Gasteiger charge is 2.10. The Hall–Kier alpha value is -0.860. The van der Waals surface area contributed by atoms with Crippen LogP contribution in [0.15, 0.2) is 24.3 Å². The van der Waals surface area contributed by atoms with Crippen molar-refractivity contribution >= 4 is 0 Å². The van der Waals surface area contributed by atoms with Crippen molar-refractivity contribution in [3.63, 3.8) is 0 Å². The zero-order valence-corrected chi connectivity index (χ0v) is 10.2. The summed E-state index contributed by atoms with van der Waals surface area (Å²) in [5.74, 6) is 0. The Morgan fingerprint density at radius 3 is 2.40 bits per heavy atom. The molecule has 0 saturated heterocycles. The second-order valence-electron chi connectivity index (χ2n) is 4.26. The second kappa shape index (κ2) is 5.89. The molecule has 1 atom stereocenters. The van der Waals surface area contributed by atoms with Crippen LogP contribution >= 0.6 is 0 Å². The summed E-state index contributed by atoms with van der Waals surface area (Å²) in [6, 6.07) is 9.47. The third-order valence-corrected chi connectivity index (χ3v) is 2.64.